The Morgan fingerprint density at radius 3 is 2.31 bits per heavy atom. The van der Waals surface area contributed by atoms with Gasteiger partial charge in [-0.05, 0) is 68.1 Å². The topological polar surface area (TPSA) is 55.4 Å². The summed E-state index contributed by atoms with van der Waals surface area (Å²) in [5.74, 6) is -0.0811. The van der Waals surface area contributed by atoms with Gasteiger partial charge in [0.15, 0.2) is 6.61 Å². The molecule has 1 saturated carbocycles. The number of hydrogen-bond acceptors (Lipinski definition) is 3. The largest absolute Gasteiger partial charge is 0.455 e. The molecule has 4 nitrogen and oxygen atoms in total. The molecular formula is C21H30ClNO3. The molecule has 1 aromatic rings. The van der Waals surface area contributed by atoms with Gasteiger partial charge in [-0.25, -0.2) is 0 Å². The van der Waals surface area contributed by atoms with Gasteiger partial charge in [0, 0.05) is 0 Å². The van der Waals surface area contributed by atoms with E-state index in [9.17, 15) is 9.59 Å². The van der Waals surface area contributed by atoms with Gasteiger partial charge in [0.2, 0.25) is 0 Å². The predicted molar refractivity (Wildman–Crippen MR) is 105 cm³/mol. The molecule has 1 aliphatic carbocycles. The number of rotatable bonds is 4. The minimum absolute atomic E-state index is 0.0916. The molecule has 0 aliphatic heterocycles. The van der Waals surface area contributed by atoms with Gasteiger partial charge in [0.25, 0.3) is 5.91 Å². The van der Waals surface area contributed by atoms with Crippen molar-refractivity contribution < 1.29 is 14.3 Å². The lowest BCUT2D eigenvalue weighted by Gasteiger charge is -2.36. The van der Waals surface area contributed by atoms with Crippen LogP contribution < -0.4 is 5.32 Å². The standard InChI is InChI=1S/C21H30ClNO3/c1-13-10-14(2)19(17(22)11-13)23-18(24)12-26-20(25)15-6-8-16(9-7-15)21(3,4)5/h10-11,15-16H,6-9,12H2,1-5H3,(H,23,24). The summed E-state index contributed by atoms with van der Waals surface area (Å²) in [6.45, 7) is 10.3. The van der Waals surface area contributed by atoms with Gasteiger partial charge in [0.05, 0.1) is 16.6 Å². The smallest absolute Gasteiger partial charge is 0.309 e. The maximum Gasteiger partial charge on any atom is 0.309 e. The molecule has 0 bridgehead atoms. The fourth-order valence-corrected chi connectivity index (χ4v) is 4.07. The summed E-state index contributed by atoms with van der Waals surface area (Å²) in [6.07, 6.45) is 3.75. The normalized spacial score (nSPS) is 20.5. The fourth-order valence-electron chi connectivity index (χ4n) is 3.70. The lowest BCUT2D eigenvalue weighted by molar-refractivity contribution is -0.153. The Labute approximate surface area is 161 Å². The van der Waals surface area contributed by atoms with Crippen LogP contribution in [-0.2, 0) is 14.3 Å². The zero-order valence-corrected chi connectivity index (χ0v) is 17.2. The molecule has 0 unspecified atom stereocenters. The van der Waals surface area contributed by atoms with E-state index in [4.69, 9.17) is 16.3 Å². The van der Waals surface area contributed by atoms with Crippen molar-refractivity contribution in [1.82, 2.24) is 0 Å². The monoisotopic (exact) mass is 379 g/mol. The number of ether oxygens (including phenoxy) is 1. The third-order valence-electron chi connectivity index (χ3n) is 5.33. The van der Waals surface area contributed by atoms with E-state index in [0.717, 1.165) is 36.8 Å². The zero-order valence-electron chi connectivity index (χ0n) is 16.4. The maximum atomic E-state index is 12.3. The molecule has 2 rings (SSSR count). The van der Waals surface area contributed by atoms with E-state index in [-0.39, 0.29) is 29.8 Å². The average molecular weight is 380 g/mol. The molecule has 144 valence electrons. The van der Waals surface area contributed by atoms with E-state index >= 15 is 0 Å². The number of carbonyl (C=O) groups excluding carboxylic acids is 2. The van der Waals surface area contributed by atoms with Gasteiger partial charge in [-0.2, -0.15) is 0 Å². The molecule has 1 amide bonds. The Bertz CT molecular complexity index is 647. The second-order valence-electron chi connectivity index (χ2n) is 8.51. The summed E-state index contributed by atoms with van der Waals surface area (Å²) in [5.41, 5.74) is 2.77. The molecule has 1 N–H and O–H groups in total. The van der Waals surface area contributed by atoms with E-state index in [1.54, 1.807) is 6.07 Å². The molecule has 1 aromatic carbocycles. The summed E-state index contributed by atoms with van der Waals surface area (Å²) in [4.78, 5) is 24.4. The highest BCUT2D eigenvalue weighted by atomic mass is 35.5. The molecule has 26 heavy (non-hydrogen) atoms. The average Bonchev–Trinajstić information content (AvgIpc) is 2.55. The lowest BCUT2D eigenvalue weighted by atomic mass is 9.70. The third kappa shape index (κ3) is 5.47. The van der Waals surface area contributed by atoms with Crippen molar-refractivity contribution in [2.45, 2.75) is 60.3 Å². The van der Waals surface area contributed by atoms with Gasteiger partial charge >= 0.3 is 5.97 Å². The Morgan fingerprint density at radius 2 is 1.77 bits per heavy atom. The molecule has 1 aliphatic rings. The van der Waals surface area contributed by atoms with Crippen LogP contribution in [0.1, 0.15) is 57.6 Å². The highest BCUT2D eigenvalue weighted by Crippen LogP contribution is 2.40. The van der Waals surface area contributed by atoms with E-state index in [1.807, 2.05) is 19.9 Å². The van der Waals surface area contributed by atoms with Gasteiger partial charge in [-0.1, -0.05) is 38.4 Å². The number of esters is 1. The summed E-state index contributed by atoms with van der Waals surface area (Å²) in [6, 6.07) is 3.74. The van der Waals surface area contributed by atoms with Crippen LogP contribution >= 0.6 is 11.6 Å². The first kappa shape index (κ1) is 20.8. The second kappa shape index (κ2) is 8.43. The van der Waals surface area contributed by atoms with E-state index < -0.39 is 0 Å². The Kier molecular flexibility index (Phi) is 6.73. The van der Waals surface area contributed by atoms with Crippen molar-refractivity contribution in [3.05, 3.63) is 28.3 Å². The Balaban J connectivity index is 1.82. The van der Waals surface area contributed by atoms with Crippen molar-refractivity contribution in [2.75, 3.05) is 11.9 Å². The molecular weight excluding hydrogens is 350 g/mol. The highest BCUT2D eigenvalue weighted by molar-refractivity contribution is 6.34. The number of aryl methyl sites for hydroxylation is 2. The van der Waals surface area contributed by atoms with Crippen LogP contribution in [0.4, 0.5) is 5.69 Å². The van der Waals surface area contributed by atoms with E-state index in [1.165, 1.54) is 0 Å². The summed E-state index contributed by atoms with van der Waals surface area (Å²) < 4.78 is 5.25. The van der Waals surface area contributed by atoms with Crippen LogP contribution in [0, 0.1) is 31.1 Å². The SMILES string of the molecule is Cc1cc(C)c(NC(=O)COC(=O)C2CCC(C(C)(C)C)CC2)c(Cl)c1. The predicted octanol–water partition coefficient (Wildman–Crippen LogP) is 5.29. The first-order valence-electron chi connectivity index (χ1n) is 9.31. The van der Waals surface area contributed by atoms with Crippen molar-refractivity contribution in [1.29, 1.82) is 0 Å². The molecule has 1 fully saturated rings. The molecule has 0 atom stereocenters. The van der Waals surface area contributed by atoms with Crippen LogP contribution in [0.3, 0.4) is 0 Å². The van der Waals surface area contributed by atoms with Crippen molar-refractivity contribution in [2.24, 2.45) is 17.3 Å². The molecule has 0 spiro atoms. The fraction of sp³-hybridized carbons (Fsp3) is 0.619. The van der Waals surface area contributed by atoms with Crippen molar-refractivity contribution >= 4 is 29.2 Å². The number of amides is 1. The second-order valence-corrected chi connectivity index (χ2v) is 8.92. The minimum Gasteiger partial charge on any atom is -0.455 e. The van der Waals surface area contributed by atoms with Crippen LogP contribution in [-0.4, -0.2) is 18.5 Å². The van der Waals surface area contributed by atoms with E-state index in [2.05, 4.69) is 26.1 Å². The Morgan fingerprint density at radius 1 is 1.15 bits per heavy atom. The first-order chi connectivity index (χ1) is 12.1. The number of benzene rings is 1. The quantitative estimate of drug-likeness (QED) is 0.723. The van der Waals surface area contributed by atoms with Crippen LogP contribution in [0.5, 0.6) is 0 Å². The van der Waals surface area contributed by atoms with Gasteiger partial charge in [-0.3, -0.25) is 9.59 Å². The van der Waals surface area contributed by atoms with Crippen LogP contribution in [0.25, 0.3) is 0 Å². The first-order valence-corrected chi connectivity index (χ1v) is 9.69. The summed E-state index contributed by atoms with van der Waals surface area (Å²) in [7, 11) is 0. The Hall–Kier alpha value is -1.55. The molecule has 0 saturated heterocycles. The number of anilines is 1. The maximum absolute atomic E-state index is 12.3. The minimum atomic E-state index is -0.365. The van der Waals surface area contributed by atoms with Crippen molar-refractivity contribution in [3.63, 3.8) is 0 Å². The summed E-state index contributed by atoms with van der Waals surface area (Å²) >= 11 is 6.19. The van der Waals surface area contributed by atoms with Gasteiger partial charge < -0.3 is 10.1 Å². The number of nitrogens with one attached hydrogen (secondary N) is 1. The van der Waals surface area contributed by atoms with E-state index in [0.29, 0.717) is 16.6 Å². The number of halogens is 1. The molecule has 0 heterocycles. The number of carbonyl (C=O) groups is 2. The number of hydrogen-bond donors (Lipinski definition) is 1. The molecule has 0 radical (unpaired) electrons. The lowest BCUT2D eigenvalue weighted by Crippen LogP contribution is -2.31. The third-order valence-corrected chi connectivity index (χ3v) is 5.63. The van der Waals surface area contributed by atoms with Gasteiger partial charge in [-0.15, -0.1) is 0 Å². The molecule has 0 aromatic heterocycles. The van der Waals surface area contributed by atoms with Gasteiger partial charge in [0.1, 0.15) is 0 Å². The molecule has 5 heteroatoms. The highest BCUT2D eigenvalue weighted by Gasteiger charge is 2.33. The van der Waals surface area contributed by atoms with Crippen LogP contribution in [0.2, 0.25) is 5.02 Å². The van der Waals surface area contributed by atoms with Crippen molar-refractivity contribution in [3.8, 4) is 0 Å². The van der Waals surface area contributed by atoms with Crippen LogP contribution in [0.15, 0.2) is 12.1 Å². The summed E-state index contributed by atoms with van der Waals surface area (Å²) in [5, 5.41) is 3.23. The zero-order chi connectivity index (χ0) is 19.5.